The van der Waals surface area contributed by atoms with Crippen LogP contribution in [0.2, 0.25) is 0 Å². The Morgan fingerprint density at radius 2 is 1.32 bits per heavy atom. The van der Waals surface area contributed by atoms with Gasteiger partial charge in [0.15, 0.2) is 0 Å². The smallest absolute Gasteiger partial charge is 0.116 e. The molecule has 6 aromatic rings. The first-order chi connectivity index (χ1) is 15.3. The van der Waals surface area contributed by atoms with Gasteiger partial charge in [0.25, 0.3) is 0 Å². The Balaban J connectivity index is 1.42. The average molecular weight is 416 g/mol. The molecule has 0 amide bonds. The van der Waals surface area contributed by atoms with Crippen LogP contribution in [0.4, 0.5) is 0 Å². The molecular formula is C27H17N3S. The molecule has 0 N–H and O–H groups in total. The van der Waals surface area contributed by atoms with Gasteiger partial charge in [-0.25, -0.2) is 9.97 Å². The maximum atomic E-state index is 4.56. The maximum Gasteiger partial charge on any atom is 0.116 e. The third-order valence-corrected chi connectivity index (χ3v) is 6.63. The molecular weight excluding hydrogens is 398 g/mol. The van der Waals surface area contributed by atoms with Crippen molar-refractivity contribution < 1.29 is 0 Å². The molecule has 6 rings (SSSR count). The van der Waals surface area contributed by atoms with Crippen LogP contribution in [0.25, 0.3) is 53.8 Å². The van der Waals surface area contributed by atoms with Gasteiger partial charge >= 0.3 is 0 Å². The standard InChI is InChI=1S/C27H17N3S/c1-2-9-26-22(8-1)23-11-10-20(14-27(23)31-26)25-15-24(29-17-30-25)19-6-3-5-18(13-19)21-7-4-12-28-16-21/h1-17H. The van der Waals surface area contributed by atoms with Crippen LogP contribution in [-0.2, 0) is 0 Å². The van der Waals surface area contributed by atoms with E-state index in [1.165, 1.54) is 20.2 Å². The lowest BCUT2D eigenvalue weighted by molar-refractivity contribution is 1.18. The summed E-state index contributed by atoms with van der Waals surface area (Å²) in [5.74, 6) is 0. The van der Waals surface area contributed by atoms with Crippen molar-refractivity contribution in [3.8, 4) is 33.6 Å². The Morgan fingerprint density at radius 3 is 2.19 bits per heavy atom. The lowest BCUT2D eigenvalue weighted by Gasteiger charge is -2.07. The van der Waals surface area contributed by atoms with Crippen LogP contribution in [0.5, 0.6) is 0 Å². The molecule has 3 aromatic heterocycles. The SMILES string of the molecule is c1cncc(-c2cccc(-c3cc(-c4ccc5c(c4)sc4ccccc45)ncn3)c2)c1. The van der Waals surface area contributed by atoms with Crippen molar-refractivity contribution in [3.05, 3.63) is 104 Å². The third kappa shape index (κ3) is 3.27. The number of hydrogen-bond acceptors (Lipinski definition) is 4. The number of hydrogen-bond donors (Lipinski definition) is 0. The molecule has 0 saturated heterocycles. The summed E-state index contributed by atoms with van der Waals surface area (Å²) in [5.41, 5.74) is 6.22. The summed E-state index contributed by atoms with van der Waals surface area (Å²) in [6, 6.07) is 29.6. The molecule has 0 bridgehead atoms. The quantitative estimate of drug-likeness (QED) is 0.306. The lowest BCUT2D eigenvalue weighted by Crippen LogP contribution is -1.90. The number of aromatic nitrogens is 3. The van der Waals surface area contributed by atoms with Crippen molar-refractivity contribution in [1.29, 1.82) is 0 Å². The lowest BCUT2D eigenvalue weighted by atomic mass is 10.0. The zero-order valence-electron chi connectivity index (χ0n) is 16.6. The van der Waals surface area contributed by atoms with Gasteiger partial charge in [-0.15, -0.1) is 11.3 Å². The molecule has 3 nitrogen and oxygen atoms in total. The zero-order valence-corrected chi connectivity index (χ0v) is 17.4. The number of fused-ring (bicyclic) bond motifs is 3. The van der Waals surface area contributed by atoms with Crippen molar-refractivity contribution in [1.82, 2.24) is 15.0 Å². The van der Waals surface area contributed by atoms with Gasteiger partial charge in [0, 0.05) is 49.3 Å². The molecule has 0 saturated carbocycles. The molecule has 0 spiro atoms. The number of rotatable bonds is 3. The third-order valence-electron chi connectivity index (χ3n) is 5.49. The average Bonchev–Trinajstić information content (AvgIpc) is 3.23. The van der Waals surface area contributed by atoms with E-state index in [9.17, 15) is 0 Å². The topological polar surface area (TPSA) is 38.7 Å². The monoisotopic (exact) mass is 415 g/mol. The van der Waals surface area contributed by atoms with E-state index < -0.39 is 0 Å². The summed E-state index contributed by atoms with van der Waals surface area (Å²) in [4.78, 5) is 13.3. The summed E-state index contributed by atoms with van der Waals surface area (Å²) in [7, 11) is 0. The highest BCUT2D eigenvalue weighted by Gasteiger charge is 2.09. The van der Waals surface area contributed by atoms with Crippen LogP contribution >= 0.6 is 11.3 Å². The Bertz CT molecular complexity index is 1540. The summed E-state index contributed by atoms with van der Waals surface area (Å²) in [5, 5.41) is 2.60. The highest BCUT2D eigenvalue weighted by atomic mass is 32.1. The predicted molar refractivity (Wildman–Crippen MR) is 129 cm³/mol. The van der Waals surface area contributed by atoms with E-state index in [4.69, 9.17) is 0 Å². The van der Waals surface area contributed by atoms with Gasteiger partial charge in [0.1, 0.15) is 6.33 Å². The summed E-state index contributed by atoms with van der Waals surface area (Å²) >= 11 is 1.82. The minimum atomic E-state index is 0.909. The second-order valence-corrected chi connectivity index (χ2v) is 8.50. The summed E-state index contributed by atoms with van der Waals surface area (Å²) in [6.45, 7) is 0. The van der Waals surface area contributed by atoms with Gasteiger partial charge in [-0.05, 0) is 35.9 Å². The van der Waals surface area contributed by atoms with Gasteiger partial charge in [-0.1, -0.05) is 54.6 Å². The Morgan fingerprint density at radius 1 is 0.548 bits per heavy atom. The molecule has 31 heavy (non-hydrogen) atoms. The number of benzene rings is 3. The van der Waals surface area contributed by atoms with Crippen molar-refractivity contribution in [2.75, 3.05) is 0 Å². The fraction of sp³-hybridized carbons (Fsp3) is 0. The molecule has 4 heteroatoms. The number of pyridine rings is 1. The normalized spacial score (nSPS) is 11.2. The summed E-state index contributed by atoms with van der Waals surface area (Å²) in [6.07, 6.45) is 5.32. The molecule has 0 aliphatic rings. The van der Waals surface area contributed by atoms with Crippen LogP contribution in [0.1, 0.15) is 0 Å². The Hall–Kier alpha value is -3.89. The Labute approximate surface area is 183 Å². The van der Waals surface area contributed by atoms with Gasteiger partial charge in [-0.3, -0.25) is 4.98 Å². The molecule has 0 unspecified atom stereocenters. The molecule has 0 atom stereocenters. The molecule has 0 fully saturated rings. The molecule has 3 heterocycles. The molecule has 146 valence electrons. The molecule has 0 aliphatic carbocycles. The van der Waals surface area contributed by atoms with Crippen molar-refractivity contribution in [2.45, 2.75) is 0 Å². The van der Waals surface area contributed by atoms with E-state index >= 15 is 0 Å². The summed E-state index contributed by atoms with van der Waals surface area (Å²) < 4.78 is 2.59. The molecule has 0 aliphatic heterocycles. The van der Waals surface area contributed by atoms with Crippen molar-refractivity contribution >= 4 is 31.5 Å². The van der Waals surface area contributed by atoms with Crippen molar-refractivity contribution in [3.63, 3.8) is 0 Å². The fourth-order valence-electron chi connectivity index (χ4n) is 3.95. The van der Waals surface area contributed by atoms with E-state index in [-0.39, 0.29) is 0 Å². The first-order valence-electron chi connectivity index (χ1n) is 10.1. The second kappa shape index (κ2) is 7.42. The zero-order chi connectivity index (χ0) is 20.6. The van der Waals surface area contributed by atoms with Crippen molar-refractivity contribution in [2.24, 2.45) is 0 Å². The van der Waals surface area contributed by atoms with E-state index in [1.807, 2.05) is 23.6 Å². The molecule has 0 radical (unpaired) electrons. The van der Waals surface area contributed by atoms with Crippen LogP contribution < -0.4 is 0 Å². The highest BCUT2D eigenvalue weighted by Crippen LogP contribution is 2.36. The van der Waals surface area contributed by atoms with Gasteiger partial charge in [-0.2, -0.15) is 0 Å². The van der Waals surface area contributed by atoms with Gasteiger partial charge in [0.05, 0.1) is 11.4 Å². The minimum Gasteiger partial charge on any atom is -0.264 e. The first kappa shape index (κ1) is 17.9. The van der Waals surface area contributed by atoms with Crippen LogP contribution in [0, 0.1) is 0 Å². The highest BCUT2D eigenvalue weighted by molar-refractivity contribution is 7.25. The fourth-order valence-corrected chi connectivity index (χ4v) is 5.10. The maximum absolute atomic E-state index is 4.56. The predicted octanol–water partition coefficient (Wildman–Crippen LogP) is 7.24. The Kier molecular flexibility index (Phi) is 4.29. The van der Waals surface area contributed by atoms with E-state index in [1.54, 1.807) is 12.5 Å². The van der Waals surface area contributed by atoms with E-state index in [2.05, 4.69) is 93.8 Å². The van der Waals surface area contributed by atoms with Gasteiger partial charge in [0.2, 0.25) is 0 Å². The van der Waals surface area contributed by atoms with E-state index in [0.717, 1.165) is 33.6 Å². The van der Waals surface area contributed by atoms with Crippen LogP contribution in [0.3, 0.4) is 0 Å². The minimum absolute atomic E-state index is 0.909. The number of nitrogens with zero attached hydrogens (tertiary/aromatic N) is 3. The first-order valence-corrected chi connectivity index (χ1v) is 10.9. The van der Waals surface area contributed by atoms with Gasteiger partial charge < -0.3 is 0 Å². The second-order valence-electron chi connectivity index (χ2n) is 7.42. The number of thiophene rings is 1. The molecule has 3 aromatic carbocycles. The van der Waals surface area contributed by atoms with E-state index in [0.29, 0.717) is 0 Å². The van der Waals surface area contributed by atoms with Crippen LogP contribution in [0.15, 0.2) is 104 Å². The largest absolute Gasteiger partial charge is 0.264 e. The van der Waals surface area contributed by atoms with Crippen LogP contribution in [-0.4, -0.2) is 15.0 Å².